The monoisotopic (exact) mass is 254 g/mol. The van der Waals surface area contributed by atoms with Crippen molar-refractivity contribution in [2.45, 2.75) is 13.0 Å². The van der Waals surface area contributed by atoms with E-state index >= 15 is 0 Å². The molecule has 0 fully saturated rings. The van der Waals surface area contributed by atoms with Gasteiger partial charge in [-0.25, -0.2) is 0 Å². The SMILES string of the molecule is Cc1ccc([C@H](O)c2cccc3ccccc23)s1. The first-order chi connectivity index (χ1) is 8.75. The number of rotatable bonds is 2. The van der Waals surface area contributed by atoms with Gasteiger partial charge in [0.2, 0.25) is 0 Å². The Morgan fingerprint density at radius 1 is 0.944 bits per heavy atom. The number of aliphatic hydroxyl groups excluding tert-OH is 1. The van der Waals surface area contributed by atoms with E-state index < -0.39 is 6.10 Å². The van der Waals surface area contributed by atoms with Gasteiger partial charge in [-0.15, -0.1) is 11.3 Å². The van der Waals surface area contributed by atoms with E-state index in [0.29, 0.717) is 0 Å². The highest BCUT2D eigenvalue weighted by molar-refractivity contribution is 7.12. The standard InChI is InChI=1S/C16H14OS/c1-11-9-10-15(18-11)16(17)14-8-4-6-12-5-2-3-7-13(12)14/h2-10,16-17H,1H3/t16-/m1/s1. The van der Waals surface area contributed by atoms with Crippen LogP contribution in [0.5, 0.6) is 0 Å². The Morgan fingerprint density at radius 3 is 2.50 bits per heavy atom. The third-order valence-corrected chi connectivity index (χ3v) is 4.20. The lowest BCUT2D eigenvalue weighted by Gasteiger charge is -2.12. The van der Waals surface area contributed by atoms with Crippen molar-refractivity contribution < 1.29 is 5.11 Å². The summed E-state index contributed by atoms with van der Waals surface area (Å²) in [5.41, 5.74) is 0.981. The number of aliphatic hydroxyl groups is 1. The predicted molar refractivity (Wildman–Crippen MR) is 77.1 cm³/mol. The summed E-state index contributed by atoms with van der Waals surface area (Å²) in [7, 11) is 0. The van der Waals surface area contributed by atoms with E-state index in [-0.39, 0.29) is 0 Å². The molecule has 0 aliphatic carbocycles. The molecule has 0 spiro atoms. The van der Waals surface area contributed by atoms with Gasteiger partial charge in [-0.05, 0) is 35.4 Å². The topological polar surface area (TPSA) is 20.2 Å². The van der Waals surface area contributed by atoms with Crippen LogP contribution >= 0.6 is 11.3 Å². The van der Waals surface area contributed by atoms with Crippen LogP contribution in [-0.2, 0) is 0 Å². The molecule has 0 saturated carbocycles. The molecule has 1 heterocycles. The van der Waals surface area contributed by atoms with E-state index in [1.807, 2.05) is 36.4 Å². The number of hydrogen-bond acceptors (Lipinski definition) is 2. The van der Waals surface area contributed by atoms with E-state index in [1.165, 1.54) is 10.3 Å². The Kier molecular flexibility index (Phi) is 2.90. The van der Waals surface area contributed by atoms with Gasteiger partial charge in [0, 0.05) is 9.75 Å². The molecule has 2 aromatic carbocycles. The van der Waals surface area contributed by atoms with Gasteiger partial charge >= 0.3 is 0 Å². The maximum atomic E-state index is 10.5. The van der Waals surface area contributed by atoms with Crippen molar-refractivity contribution in [3.05, 3.63) is 69.9 Å². The average molecular weight is 254 g/mol. The first-order valence-electron chi connectivity index (χ1n) is 5.98. The summed E-state index contributed by atoms with van der Waals surface area (Å²) in [4.78, 5) is 2.23. The van der Waals surface area contributed by atoms with E-state index in [9.17, 15) is 5.11 Å². The molecule has 0 amide bonds. The Labute approximate surface area is 110 Å². The summed E-state index contributed by atoms with van der Waals surface area (Å²) in [6.45, 7) is 2.06. The van der Waals surface area contributed by atoms with Crippen molar-refractivity contribution in [3.8, 4) is 0 Å². The summed E-state index contributed by atoms with van der Waals surface area (Å²) >= 11 is 1.65. The first kappa shape index (κ1) is 11.5. The van der Waals surface area contributed by atoms with Crippen LogP contribution in [0, 0.1) is 6.92 Å². The summed E-state index contributed by atoms with van der Waals surface area (Å²) < 4.78 is 0. The van der Waals surface area contributed by atoms with E-state index in [0.717, 1.165) is 15.8 Å². The van der Waals surface area contributed by atoms with Gasteiger partial charge in [0.05, 0.1) is 0 Å². The van der Waals surface area contributed by atoms with E-state index in [4.69, 9.17) is 0 Å². The molecule has 90 valence electrons. The lowest BCUT2D eigenvalue weighted by atomic mass is 10.00. The van der Waals surface area contributed by atoms with Crippen LogP contribution in [-0.4, -0.2) is 5.11 Å². The van der Waals surface area contributed by atoms with Crippen molar-refractivity contribution in [1.82, 2.24) is 0 Å². The Morgan fingerprint density at radius 2 is 1.72 bits per heavy atom. The number of aryl methyl sites for hydroxylation is 1. The fourth-order valence-electron chi connectivity index (χ4n) is 2.24. The Balaban J connectivity index is 2.14. The number of hydrogen-bond donors (Lipinski definition) is 1. The summed E-state index contributed by atoms with van der Waals surface area (Å²) in [6.07, 6.45) is -0.533. The summed E-state index contributed by atoms with van der Waals surface area (Å²) in [5, 5.41) is 12.8. The molecule has 1 nitrogen and oxygen atoms in total. The molecule has 0 aliphatic rings. The zero-order valence-corrected chi connectivity index (χ0v) is 10.9. The molecule has 0 radical (unpaired) electrons. The van der Waals surface area contributed by atoms with E-state index in [1.54, 1.807) is 11.3 Å². The molecule has 1 atom stereocenters. The van der Waals surface area contributed by atoms with Crippen molar-refractivity contribution in [3.63, 3.8) is 0 Å². The van der Waals surface area contributed by atoms with Gasteiger partial charge in [-0.1, -0.05) is 42.5 Å². The van der Waals surface area contributed by atoms with Crippen LogP contribution in [0.4, 0.5) is 0 Å². The minimum Gasteiger partial charge on any atom is -0.383 e. The molecule has 0 bridgehead atoms. The lowest BCUT2D eigenvalue weighted by Crippen LogP contribution is -1.97. The highest BCUT2D eigenvalue weighted by Crippen LogP contribution is 2.32. The zero-order chi connectivity index (χ0) is 12.5. The van der Waals surface area contributed by atoms with Crippen LogP contribution < -0.4 is 0 Å². The van der Waals surface area contributed by atoms with Gasteiger partial charge in [0.15, 0.2) is 0 Å². The third kappa shape index (κ3) is 1.94. The van der Waals surface area contributed by atoms with Crippen LogP contribution in [0.25, 0.3) is 10.8 Å². The normalized spacial score (nSPS) is 12.8. The highest BCUT2D eigenvalue weighted by atomic mass is 32.1. The van der Waals surface area contributed by atoms with Crippen LogP contribution in [0.1, 0.15) is 21.4 Å². The van der Waals surface area contributed by atoms with Crippen LogP contribution in [0.15, 0.2) is 54.6 Å². The molecular weight excluding hydrogens is 240 g/mol. The quantitative estimate of drug-likeness (QED) is 0.723. The molecule has 18 heavy (non-hydrogen) atoms. The third-order valence-electron chi connectivity index (χ3n) is 3.15. The Hall–Kier alpha value is -1.64. The molecule has 1 N–H and O–H groups in total. The fourth-order valence-corrected chi connectivity index (χ4v) is 3.13. The minimum atomic E-state index is -0.533. The summed E-state index contributed by atoms with van der Waals surface area (Å²) in [6, 6.07) is 18.3. The Bertz CT molecular complexity index is 679. The maximum absolute atomic E-state index is 10.5. The molecular formula is C16H14OS. The summed E-state index contributed by atoms with van der Waals surface area (Å²) in [5.74, 6) is 0. The first-order valence-corrected chi connectivity index (χ1v) is 6.79. The van der Waals surface area contributed by atoms with Crippen LogP contribution in [0.3, 0.4) is 0 Å². The van der Waals surface area contributed by atoms with Crippen LogP contribution in [0.2, 0.25) is 0 Å². The number of fused-ring (bicyclic) bond motifs is 1. The van der Waals surface area contributed by atoms with Crippen molar-refractivity contribution in [2.75, 3.05) is 0 Å². The maximum Gasteiger partial charge on any atom is 0.114 e. The molecule has 2 heteroatoms. The largest absolute Gasteiger partial charge is 0.383 e. The molecule has 0 aliphatic heterocycles. The van der Waals surface area contributed by atoms with Gasteiger partial charge < -0.3 is 5.11 Å². The van der Waals surface area contributed by atoms with Crippen molar-refractivity contribution in [2.24, 2.45) is 0 Å². The van der Waals surface area contributed by atoms with Crippen molar-refractivity contribution >= 4 is 22.1 Å². The smallest absolute Gasteiger partial charge is 0.114 e. The number of thiophene rings is 1. The molecule has 3 rings (SSSR count). The lowest BCUT2D eigenvalue weighted by molar-refractivity contribution is 0.226. The number of benzene rings is 2. The molecule has 0 unspecified atom stereocenters. The fraction of sp³-hybridized carbons (Fsp3) is 0.125. The second-order valence-corrected chi connectivity index (χ2v) is 5.74. The zero-order valence-electron chi connectivity index (χ0n) is 10.1. The molecule has 3 aromatic rings. The highest BCUT2D eigenvalue weighted by Gasteiger charge is 2.14. The second-order valence-electron chi connectivity index (χ2n) is 4.42. The predicted octanol–water partition coefficient (Wildman–Crippen LogP) is 4.29. The van der Waals surface area contributed by atoms with Gasteiger partial charge in [-0.2, -0.15) is 0 Å². The second kappa shape index (κ2) is 4.56. The van der Waals surface area contributed by atoms with Gasteiger partial charge in [0.25, 0.3) is 0 Å². The van der Waals surface area contributed by atoms with Crippen molar-refractivity contribution in [1.29, 1.82) is 0 Å². The molecule has 1 aromatic heterocycles. The van der Waals surface area contributed by atoms with Gasteiger partial charge in [-0.3, -0.25) is 0 Å². The van der Waals surface area contributed by atoms with Gasteiger partial charge in [0.1, 0.15) is 6.10 Å². The minimum absolute atomic E-state index is 0.533. The van der Waals surface area contributed by atoms with E-state index in [2.05, 4.69) is 25.1 Å². The average Bonchev–Trinajstić information content (AvgIpc) is 2.84. The molecule has 0 saturated heterocycles.